The summed E-state index contributed by atoms with van der Waals surface area (Å²) in [6.07, 6.45) is 0.477. The Morgan fingerprint density at radius 1 is 1.29 bits per heavy atom. The highest BCUT2D eigenvalue weighted by molar-refractivity contribution is 6.08. The fraction of sp³-hybridized carbons (Fsp3) is 0.625. The van der Waals surface area contributed by atoms with Gasteiger partial charge in [-0.05, 0) is 19.3 Å². The summed E-state index contributed by atoms with van der Waals surface area (Å²) in [4.78, 5) is 25.8. The van der Waals surface area contributed by atoms with Gasteiger partial charge in [0.15, 0.2) is 0 Å². The molecule has 0 bridgehead atoms. The predicted molar refractivity (Wildman–Crippen MR) is 78.7 cm³/mol. The molecule has 5 nitrogen and oxygen atoms in total. The average Bonchev–Trinajstić information content (AvgIpc) is 3.14. The molecule has 0 saturated heterocycles. The number of halogens is 3. The van der Waals surface area contributed by atoms with E-state index in [4.69, 9.17) is 4.42 Å². The first-order valence-electron chi connectivity index (χ1n) is 8.13. The summed E-state index contributed by atoms with van der Waals surface area (Å²) in [5, 5.41) is 2.65. The number of hydrogen-bond donors (Lipinski definition) is 1. The number of amides is 2. The van der Waals surface area contributed by atoms with Crippen molar-refractivity contribution >= 4 is 11.8 Å². The molecule has 3 rings (SSSR count). The molecule has 1 aliphatic carbocycles. The van der Waals surface area contributed by atoms with Gasteiger partial charge < -0.3 is 14.6 Å². The van der Waals surface area contributed by atoms with Gasteiger partial charge in [-0.1, -0.05) is 12.8 Å². The minimum atomic E-state index is -4.48. The number of alkyl halides is 3. The Labute approximate surface area is 137 Å². The molecule has 2 heterocycles. The standard InChI is InChI=1S/C16H19F3N2O3/c17-16(18,19)9-21(10-4-1-2-5-10)15(23)11-8-24-12-6-3-7-20-14(22)13(11)12/h8,10H,1-7,9H2,(H,20,22). The number of fused-ring (bicyclic) bond motifs is 1. The summed E-state index contributed by atoms with van der Waals surface area (Å²) in [6, 6.07) is -0.446. The van der Waals surface area contributed by atoms with E-state index in [1.165, 1.54) is 0 Å². The fourth-order valence-electron chi connectivity index (χ4n) is 3.46. The van der Waals surface area contributed by atoms with E-state index in [2.05, 4.69) is 5.32 Å². The number of aryl methyl sites for hydroxylation is 1. The number of rotatable bonds is 3. The molecule has 24 heavy (non-hydrogen) atoms. The fourth-order valence-corrected chi connectivity index (χ4v) is 3.46. The van der Waals surface area contributed by atoms with Gasteiger partial charge in [0, 0.05) is 19.0 Å². The van der Waals surface area contributed by atoms with Gasteiger partial charge in [0.25, 0.3) is 11.8 Å². The number of nitrogens with zero attached hydrogens (tertiary/aromatic N) is 1. The molecule has 2 aliphatic rings. The van der Waals surface area contributed by atoms with Crippen molar-refractivity contribution < 1.29 is 27.2 Å². The second-order valence-electron chi connectivity index (χ2n) is 6.29. The third kappa shape index (κ3) is 3.42. The molecule has 0 aromatic carbocycles. The normalized spacial score (nSPS) is 18.9. The molecule has 0 unspecified atom stereocenters. The zero-order valence-corrected chi connectivity index (χ0v) is 13.1. The first-order valence-corrected chi connectivity index (χ1v) is 8.13. The Morgan fingerprint density at radius 3 is 2.67 bits per heavy atom. The van der Waals surface area contributed by atoms with Crippen LogP contribution in [0, 0.1) is 0 Å². The summed E-state index contributed by atoms with van der Waals surface area (Å²) in [7, 11) is 0. The van der Waals surface area contributed by atoms with E-state index in [9.17, 15) is 22.8 Å². The molecular formula is C16H19F3N2O3. The maximum Gasteiger partial charge on any atom is 0.406 e. The maximum atomic E-state index is 12.9. The zero-order chi connectivity index (χ0) is 17.3. The smallest absolute Gasteiger partial charge is 0.406 e. The first-order chi connectivity index (χ1) is 11.4. The van der Waals surface area contributed by atoms with E-state index in [1.54, 1.807) is 0 Å². The van der Waals surface area contributed by atoms with Gasteiger partial charge in [-0.2, -0.15) is 13.2 Å². The van der Waals surface area contributed by atoms with Gasteiger partial charge in [-0.25, -0.2) is 0 Å². The van der Waals surface area contributed by atoms with Crippen LogP contribution >= 0.6 is 0 Å². The largest absolute Gasteiger partial charge is 0.468 e. The lowest BCUT2D eigenvalue weighted by Gasteiger charge is -2.29. The second-order valence-corrected chi connectivity index (χ2v) is 6.29. The average molecular weight is 344 g/mol. The Balaban J connectivity index is 1.93. The minimum absolute atomic E-state index is 0.0689. The van der Waals surface area contributed by atoms with Gasteiger partial charge >= 0.3 is 6.18 Å². The van der Waals surface area contributed by atoms with Crippen LogP contribution in [0.25, 0.3) is 0 Å². The van der Waals surface area contributed by atoms with E-state index in [-0.39, 0.29) is 11.1 Å². The molecule has 0 spiro atoms. The monoisotopic (exact) mass is 344 g/mol. The minimum Gasteiger partial charge on any atom is -0.468 e. The van der Waals surface area contributed by atoms with Crippen LogP contribution < -0.4 is 5.32 Å². The number of carbonyl (C=O) groups is 2. The molecule has 1 aromatic rings. The summed E-state index contributed by atoms with van der Waals surface area (Å²) >= 11 is 0. The Hall–Kier alpha value is -1.99. The Kier molecular flexibility index (Phi) is 4.56. The van der Waals surface area contributed by atoms with Crippen molar-refractivity contribution in [3.63, 3.8) is 0 Å². The third-order valence-electron chi connectivity index (χ3n) is 4.57. The topological polar surface area (TPSA) is 62.6 Å². The number of hydrogen-bond acceptors (Lipinski definition) is 3. The van der Waals surface area contributed by atoms with E-state index >= 15 is 0 Å². The van der Waals surface area contributed by atoms with Crippen molar-refractivity contribution in [3.8, 4) is 0 Å². The van der Waals surface area contributed by atoms with E-state index in [0.29, 0.717) is 38.0 Å². The van der Waals surface area contributed by atoms with Crippen molar-refractivity contribution in [1.29, 1.82) is 0 Å². The summed E-state index contributed by atoms with van der Waals surface area (Å²) < 4.78 is 44.1. The Bertz CT molecular complexity index is 633. The molecule has 1 saturated carbocycles. The summed E-state index contributed by atoms with van der Waals surface area (Å²) in [5.41, 5.74) is 0.0169. The van der Waals surface area contributed by atoms with Crippen LogP contribution in [0.1, 0.15) is 58.6 Å². The molecule has 1 N–H and O–H groups in total. The second kappa shape index (κ2) is 6.49. The first kappa shape index (κ1) is 16.9. The summed E-state index contributed by atoms with van der Waals surface area (Å²) in [5.74, 6) is -0.869. The van der Waals surface area contributed by atoms with Gasteiger partial charge in [0.2, 0.25) is 0 Å². The molecular weight excluding hydrogens is 325 g/mol. The van der Waals surface area contributed by atoms with Crippen LogP contribution in [0.15, 0.2) is 10.7 Å². The molecule has 8 heteroatoms. The van der Waals surface area contributed by atoms with Gasteiger partial charge in [-0.15, -0.1) is 0 Å². The van der Waals surface area contributed by atoms with Crippen molar-refractivity contribution in [3.05, 3.63) is 23.2 Å². The van der Waals surface area contributed by atoms with Crippen LogP contribution in [0.5, 0.6) is 0 Å². The van der Waals surface area contributed by atoms with Gasteiger partial charge in [0.05, 0.1) is 11.1 Å². The SMILES string of the molecule is O=C1NCCCc2occ(C(=O)N(CC(F)(F)F)C3CCCC3)c21. The molecule has 2 amide bonds. The van der Waals surface area contributed by atoms with Crippen molar-refractivity contribution in [2.24, 2.45) is 0 Å². The van der Waals surface area contributed by atoms with Crippen LogP contribution in [0.2, 0.25) is 0 Å². The van der Waals surface area contributed by atoms with Crippen LogP contribution in [0.4, 0.5) is 13.2 Å². The van der Waals surface area contributed by atoms with Gasteiger partial charge in [0.1, 0.15) is 18.6 Å². The molecule has 132 valence electrons. The highest BCUT2D eigenvalue weighted by Gasteiger charge is 2.39. The lowest BCUT2D eigenvalue weighted by Crippen LogP contribution is -2.45. The zero-order valence-electron chi connectivity index (χ0n) is 13.1. The van der Waals surface area contributed by atoms with Crippen molar-refractivity contribution in [1.82, 2.24) is 10.2 Å². The highest BCUT2D eigenvalue weighted by Crippen LogP contribution is 2.30. The third-order valence-corrected chi connectivity index (χ3v) is 4.57. The van der Waals surface area contributed by atoms with Crippen molar-refractivity contribution in [2.75, 3.05) is 13.1 Å². The van der Waals surface area contributed by atoms with Gasteiger partial charge in [-0.3, -0.25) is 9.59 Å². The molecule has 1 aliphatic heterocycles. The number of nitrogens with one attached hydrogen (secondary N) is 1. The molecule has 1 fully saturated rings. The lowest BCUT2D eigenvalue weighted by molar-refractivity contribution is -0.144. The maximum absolute atomic E-state index is 12.9. The van der Waals surface area contributed by atoms with Crippen molar-refractivity contribution in [2.45, 2.75) is 50.7 Å². The Morgan fingerprint density at radius 2 is 2.00 bits per heavy atom. The van der Waals surface area contributed by atoms with Crippen LogP contribution in [-0.2, 0) is 6.42 Å². The van der Waals surface area contributed by atoms with Crippen LogP contribution in [-0.4, -0.2) is 42.0 Å². The van der Waals surface area contributed by atoms with E-state index in [1.807, 2.05) is 0 Å². The van der Waals surface area contributed by atoms with E-state index in [0.717, 1.165) is 24.0 Å². The highest BCUT2D eigenvalue weighted by atomic mass is 19.4. The molecule has 0 radical (unpaired) electrons. The van der Waals surface area contributed by atoms with Crippen LogP contribution in [0.3, 0.4) is 0 Å². The molecule has 1 aromatic heterocycles. The molecule has 0 atom stereocenters. The number of furan rings is 1. The predicted octanol–water partition coefficient (Wildman–Crippen LogP) is 2.90. The number of carbonyl (C=O) groups excluding carboxylic acids is 2. The summed E-state index contributed by atoms with van der Waals surface area (Å²) in [6.45, 7) is -0.858. The quantitative estimate of drug-likeness (QED) is 0.917. The lowest BCUT2D eigenvalue weighted by atomic mass is 10.1. The van der Waals surface area contributed by atoms with E-state index < -0.39 is 30.6 Å².